The molecule has 0 spiro atoms. The van der Waals surface area contributed by atoms with E-state index in [2.05, 4.69) is 65.7 Å². The molecule has 3 heterocycles. The van der Waals surface area contributed by atoms with Crippen molar-refractivity contribution in [3.05, 3.63) is 54.0 Å². The standard InChI is InChI=1S/C31H42N6O5/c1-29(2,3)25-15-26(36-42-25)35-28(39)34-22-12-10-19(14-24(22)40-9)33-27(38)23-13-11-20(18-32-23)41-21-16-30(4,5)37(8)31(6,7)17-21/h10-15,18,21H,16-17H2,1-9H3,(H,33,38)(H2,34,35,36,39). The predicted molar refractivity (Wildman–Crippen MR) is 163 cm³/mol. The second-order valence-corrected chi connectivity index (χ2v) is 13.0. The highest BCUT2D eigenvalue weighted by molar-refractivity contribution is 6.04. The van der Waals surface area contributed by atoms with Crippen LogP contribution >= 0.6 is 0 Å². The molecule has 3 amide bonds. The Morgan fingerprint density at radius 2 is 1.69 bits per heavy atom. The van der Waals surface area contributed by atoms with Crippen molar-refractivity contribution in [2.45, 2.75) is 83.9 Å². The molecule has 1 fully saturated rings. The Kier molecular flexibility index (Phi) is 8.54. The van der Waals surface area contributed by atoms with Gasteiger partial charge in [-0.15, -0.1) is 0 Å². The molecule has 1 saturated heterocycles. The lowest BCUT2D eigenvalue weighted by atomic mass is 9.79. The topological polar surface area (TPSA) is 131 Å². The Bertz CT molecular complexity index is 1410. The number of nitrogens with zero attached hydrogens (tertiary/aromatic N) is 3. The third-order valence-corrected chi connectivity index (χ3v) is 7.74. The molecule has 0 radical (unpaired) electrons. The molecule has 0 saturated carbocycles. The zero-order valence-corrected chi connectivity index (χ0v) is 25.9. The van der Waals surface area contributed by atoms with E-state index in [0.717, 1.165) is 12.8 Å². The maximum absolute atomic E-state index is 12.9. The second-order valence-electron chi connectivity index (χ2n) is 13.0. The van der Waals surface area contributed by atoms with Crippen LogP contribution in [0.3, 0.4) is 0 Å². The Morgan fingerprint density at radius 1 is 1.00 bits per heavy atom. The van der Waals surface area contributed by atoms with Gasteiger partial charge in [-0.1, -0.05) is 25.9 Å². The van der Waals surface area contributed by atoms with Crippen LogP contribution in [0.25, 0.3) is 0 Å². The van der Waals surface area contributed by atoms with Crippen LogP contribution in [0.4, 0.5) is 22.0 Å². The molecule has 226 valence electrons. The number of nitrogens with one attached hydrogen (secondary N) is 3. The molecule has 2 aromatic heterocycles. The summed E-state index contributed by atoms with van der Waals surface area (Å²) in [5, 5.41) is 12.1. The van der Waals surface area contributed by atoms with E-state index >= 15 is 0 Å². The lowest BCUT2D eigenvalue weighted by molar-refractivity contribution is -0.0557. The smallest absolute Gasteiger partial charge is 0.325 e. The second kappa shape index (κ2) is 11.6. The molecule has 1 aliphatic rings. The molecule has 3 aromatic rings. The molecule has 42 heavy (non-hydrogen) atoms. The lowest BCUT2D eigenvalue weighted by Gasteiger charge is -2.53. The fourth-order valence-electron chi connectivity index (χ4n) is 5.16. The van der Waals surface area contributed by atoms with E-state index < -0.39 is 6.03 Å². The summed E-state index contributed by atoms with van der Waals surface area (Å²) in [7, 11) is 3.63. The number of amides is 3. The minimum atomic E-state index is -0.516. The van der Waals surface area contributed by atoms with Gasteiger partial charge in [-0.2, -0.15) is 0 Å². The van der Waals surface area contributed by atoms with Crippen LogP contribution in [0.5, 0.6) is 11.5 Å². The summed E-state index contributed by atoms with van der Waals surface area (Å²) < 4.78 is 17.0. The van der Waals surface area contributed by atoms with Gasteiger partial charge in [0.25, 0.3) is 5.91 Å². The molecule has 0 bridgehead atoms. The first-order chi connectivity index (χ1) is 19.6. The number of rotatable bonds is 7. The van der Waals surface area contributed by atoms with Crippen molar-refractivity contribution in [2.24, 2.45) is 0 Å². The van der Waals surface area contributed by atoms with Crippen LogP contribution in [0.2, 0.25) is 0 Å². The molecule has 1 aliphatic heterocycles. The number of hydrogen-bond acceptors (Lipinski definition) is 8. The van der Waals surface area contributed by atoms with E-state index in [9.17, 15) is 9.59 Å². The average molecular weight is 579 g/mol. The van der Waals surface area contributed by atoms with Crippen LogP contribution < -0.4 is 25.4 Å². The number of methoxy groups -OCH3 is 1. The average Bonchev–Trinajstić information content (AvgIpc) is 3.37. The minimum absolute atomic E-state index is 0.00277. The summed E-state index contributed by atoms with van der Waals surface area (Å²) in [6.45, 7) is 14.9. The summed E-state index contributed by atoms with van der Waals surface area (Å²) in [5.74, 6) is 1.55. The molecular weight excluding hydrogens is 536 g/mol. The maximum Gasteiger partial charge on any atom is 0.325 e. The number of carbonyl (C=O) groups is 2. The number of pyridine rings is 1. The summed E-state index contributed by atoms with van der Waals surface area (Å²) in [5.41, 5.74) is 0.902. The van der Waals surface area contributed by atoms with Gasteiger partial charge in [-0.05, 0) is 59.0 Å². The Labute approximate surface area is 247 Å². The van der Waals surface area contributed by atoms with Gasteiger partial charge in [0.05, 0.1) is 19.0 Å². The number of urea groups is 1. The highest BCUT2D eigenvalue weighted by Gasteiger charge is 2.44. The van der Waals surface area contributed by atoms with Gasteiger partial charge in [-0.3, -0.25) is 15.0 Å². The summed E-state index contributed by atoms with van der Waals surface area (Å²) in [6, 6.07) is 9.48. The molecule has 0 unspecified atom stereocenters. The molecular formula is C31H42N6O5. The highest BCUT2D eigenvalue weighted by Crippen LogP contribution is 2.38. The number of anilines is 3. The van der Waals surface area contributed by atoms with Crippen LogP contribution in [0.1, 0.15) is 77.6 Å². The van der Waals surface area contributed by atoms with Gasteiger partial charge in [-0.25, -0.2) is 9.78 Å². The highest BCUT2D eigenvalue weighted by atomic mass is 16.5. The minimum Gasteiger partial charge on any atom is -0.494 e. The number of likely N-dealkylation sites (tertiary alicyclic amines) is 1. The first-order valence-corrected chi connectivity index (χ1v) is 14.0. The van der Waals surface area contributed by atoms with Crippen molar-refractivity contribution in [1.82, 2.24) is 15.0 Å². The van der Waals surface area contributed by atoms with Crippen molar-refractivity contribution in [2.75, 3.05) is 30.1 Å². The molecule has 3 N–H and O–H groups in total. The summed E-state index contributed by atoms with van der Waals surface area (Å²) in [6.07, 6.45) is 3.41. The number of aromatic nitrogens is 2. The molecule has 11 nitrogen and oxygen atoms in total. The molecule has 1 aromatic carbocycles. The molecule has 11 heteroatoms. The summed E-state index contributed by atoms with van der Waals surface area (Å²) >= 11 is 0. The zero-order chi connectivity index (χ0) is 30.9. The largest absolute Gasteiger partial charge is 0.494 e. The molecule has 0 atom stereocenters. The van der Waals surface area contributed by atoms with E-state index in [1.807, 2.05) is 20.8 Å². The number of piperidine rings is 1. The Hall–Kier alpha value is -4.12. The third kappa shape index (κ3) is 7.20. The fraction of sp³-hybridized carbons (Fsp3) is 0.484. The Balaban J connectivity index is 1.35. The first-order valence-electron chi connectivity index (χ1n) is 14.0. The molecule has 0 aliphatic carbocycles. The number of carbonyl (C=O) groups excluding carboxylic acids is 2. The maximum atomic E-state index is 12.9. The van der Waals surface area contributed by atoms with E-state index in [4.69, 9.17) is 14.0 Å². The van der Waals surface area contributed by atoms with Crippen LogP contribution in [0, 0.1) is 0 Å². The van der Waals surface area contributed by atoms with Crippen molar-refractivity contribution < 1.29 is 23.6 Å². The van der Waals surface area contributed by atoms with Gasteiger partial charge in [0.1, 0.15) is 29.1 Å². The molecule has 4 rings (SSSR count). The number of benzene rings is 1. The normalized spacial score (nSPS) is 16.9. The van der Waals surface area contributed by atoms with Gasteiger partial charge < -0.3 is 24.6 Å². The quantitative estimate of drug-likeness (QED) is 0.298. The summed E-state index contributed by atoms with van der Waals surface area (Å²) in [4.78, 5) is 32.2. The zero-order valence-electron chi connectivity index (χ0n) is 25.9. The van der Waals surface area contributed by atoms with Gasteiger partial charge in [0.2, 0.25) is 0 Å². The Morgan fingerprint density at radius 3 is 2.26 bits per heavy atom. The number of ether oxygens (including phenoxy) is 2. The van der Waals surface area contributed by atoms with E-state index in [1.54, 1.807) is 42.6 Å². The van der Waals surface area contributed by atoms with Crippen LogP contribution in [-0.4, -0.2) is 58.3 Å². The first kappa shape index (κ1) is 30.8. The lowest BCUT2D eigenvalue weighted by Crippen LogP contribution is -2.60. The fourth-order valence-corrected chi connectivity index (χ4v) is 5.16. The van der Waals surface area contributed by atoms with Crippen molar-refractivity contribution in [3.8, 4) is 11.5 Å². The predicted octanol–water partition coefficient (Wildman–Crippen LogP) is 6.30. The van der Waals surface area contributed by atoms with Crippen molar-refractivity contribution in [1.29, 1.82) is 0 Å². The van der Waals surface area contributed by atoms with Crippen molar-refractivity contribution >= 4 is 29.1 Å². The van der Waals surface area contributed by atoms with Gasteiger partial charge in [0.15, 0.2) is 5.82 Å². The SMILES string of the molecule is COc1cc(NC(=O)c2ccc(OC3CC(C)(C)N(C)C(C)(C)C3)cn2)ccc1NC(=O)Nc1cc(C(C)(C)C)on1. The van der Waals surface area contributed by atoms with E-state index in [0.29, 0.717) is 34.5 Å². The van der Waals surface area contributed by atoms with Gasteiger partial charge in [0, 0.05) is 47.2 Å². The monoisotopic (exact) mass is 578 g/mol. The van der Waals surface area contributed by atoms with Crippen LogP contribution in [0.15, 0.2) is 47.1 Å². The van der Waals surface area contributed by atoms with Gasteiger partial charge >= 0.3 is 6.03 Å². The van der Waals surface area contributed by atoms with Crippen molar-refractivity contribution in [3.63, 3.8) is 0 Å². The van der Waals surface area contributed by atoms with E-state index in [-0.39, 0.29) is 34.2 Å². The third-order valence-electron chi connectivity index (χ3n) is 7.74. The van der Waals surface area contributed by atoms with Crippen LogP contribution in [-0.2, 0) is 5.41 Å². The van der Waals surface area contributed by atoms with E-state index in [1.165, 1.54) is 7.11 Å². The number of hydrogen-bond donors (Lipinski definition) is 3.